The van der Waals surface area contributed by atoms with Crippen molar-refractivity contribution in [3.05, 3.63) is 101 Å². The topological polar surface area (TPSA) is 0 Å². The number of benzene rings is 3. The van der Waals surface area contributed by atoms with Crippen molar-refractivity contribution in [2.75, 3.05) is 0 Å². The molecule has 0 radical (unpaired) electrons. The minimum absolute atomic E-state index is 0.604. The van der Waals surface area contributed by atoms with Gasteiger partial charge in [-0.2, -0.15) is 0 Å². The average molecular weight is 421 g/mol. The summed E-state index contributed by atoms with van der Waals surface area (Å²) in [5, 5.41) is 0. The van der Waals surface area contributed by atoms with E-state index in [1.54, 1.807) is 11.1 Å². The fourth-order valence-corrected chi connectivity index (χ4v) is 5.80. The lowest BCUT2D eigenvalue weighted by Gasteiger charge is -2.19. The molecule has 32 heavy (non-hydrogen) atoms. The van der Waals surface area contributed by atoms with Crippen molar-refractivity contribution in [3.8, 4) is 11.1 Å². The van der Waals surface area contributed by atoms with Gasteiger partial charge in [0.25, 0.3) is 0 Å². The molecule has 3 aromatic rings. The van der Waals surface area contributed by atoms with E-state index in [9.17, 15) is 0 Å². The van der Waals surface area contributed by atoms with Gasteiger partial charge in [0.15, 0.2) is 0 Å². The molecular weight excluding hydrogens is 384 g/mol. The molecule has 0 bridgehead atoms. The van der Waals surface area contributed by atoms with Crippen molar-refractivity contribution in [1.82, 2.24) is 0 Å². The van der Waals surface area contributed by atoms with Crippen LogP contribution < -0.4 is 0 Å². The van der Waals surface area contributed by atoms with E-state index in [1.165, 1.54) is 65.5 Å². The van der Waals surface area contributed by atoms with Gasteiger partial charge >= 0.3 is 0 Å². The summed E-state index contributed by atoms with van der Waals surface area (Å²) >= 11 is 0. The summed E-state index contributed by atoms with van der Waals surface area (Å²) in [4.78, 5) is 0. The normalized spacial score (nSPS) is 20.4. The van der Waals surface area contributed by atoms with Gasteiger partial charge in [-0.1, -0.05) is 87.2 Å². The van der Waals surface area contributed by atoms with Gasteiger partial charge in [0.05, 0.1) is 0 Å². The summed E-state index contributed by atoms with van der Waals surface area (Å²) < 4.78 is 0. The van der Waals surface area contributed by atoms with Crippen LogP contribution >= 0.6 is 0 Å². The van der Waals surface area contributed by atoms with Crippen molar-refractivity contribution in [2.24, 2.45) is 5.92 Å². The lowest BCUT2D eigenvalue weighted by Crippen LogP contribution is -2.02. The molecule has 0 saturated heterocycles. The SMILES string of the molecule is C=C(c1cccc(CC)c1)C1CCC(c2ccc(-c3ccccc3C3CC3)cc2CC)C1. The van der Waals surface area contributed by atoms with E-state index in [0.29, 0.717) is 11.8 Å². The van der Waals surface area contributed by atoms with Gasteiger partial charge in [-0.25, -0.2) is 0 Å². The van der Waals surface area contributed by atoms with Crippen LogP contribution in [0.15, 0.2) is 73.3 Å². The van der Waals surface area contributed by atoms with Crippen LogP contribution in [0.1, 0.15) is 85.6 Å². The zero-order valence-electron chi connectivity index (χ0n) is 19.7. The molecular formula is C32H36. The first kappa shape index (κ1) is 21.3. The maximum Gasteiger partial charge on any atom is -0.0149 e. The second kappa shape index (κ2) is 9.10. The van der Waals surface area contributed by atoms with Crippen LogP contribution in [0.4, 0.5) is 0 Å². The van der Waals surface area contributed by atoms with E-state index in [1.807, 2.05) is 0 Å². The van der Waals surface area contributed by atoms with Gasteiger partial charge in [0.2, 0.25) is 0 Å². The third-order valence-electron chi connectivity index (χ3n) is 7.88. The Hall–Kier alpha value is -2.60. The first-order valence-corrected chi connectivity index (χ1v) is 12.7. The zero-order valence-corrected chi connectivity index (χ0v) is 19.7. The Labute approximate surface area is 194 Å². The maximum atomic E-state index is 4.54. The smallest absolute Gasteiger partial charge is 0.0149 e. The van der Waals surface area contributed by atoms with Crippen molar-refractivity contribution < 1.29 is 0 Å². The third-order valence-corrected chi connectivity index (χ3v) is 7.88. The monoisotopic (exact) mass is 420 g/mol. The number of hydrogen-bond acceptors (Lipinski definition) is 0. The van der Waals surface area contributed by atoms with Gasteiger partial charge in [-0.05, 0) is 107 Å². The fraction of sp³-hybridized carbons (Fsp3) is 0.375. The number of rotatable bonds is 7. The molecule has 2 aliphatic carbocycles. The summed E-state index contributed by atoms with van der Waals surface area (Å²) in [7, 11) is 0. The Morgan fingerprint density at radius 2 is 1.59 bits per heavy atom. The second-order valence-electron chi connectivity index (χ2n) is 9.91. The predicted octanol–water partition coefficient (Wildman–Crippen LogP) is 8.95. The Morgan fingerprint density at radius 1 is 0.781 bits per heavy atom. The molecule has 2 fully saturated rings. The van der Waals surface area contributed by atoms with Crippen molar-refractivity contribution in [2.45, 2.75) is 70.6 Å². The molecule has 164 valence electrons. The van der Waals surface area contributed by atoms with Crippen molar-refractivity contribution in [1.29, 1.82) is 0 Å². The molecule has 5 rings (SSSR count). The molecule has 2 aliphatic rings. The minimum atomic E-state index is 0.604. The molecule has 0 aliphatic heterocycles. The minimum Gasteiger partial charge on any atom is -0.0950 e. The van der Waals surface area contributed by atoms with Gasteiger partial charge in [-0.3, -0.25) is 0 Å². The maximum absolute atomic E-state index is 4.54. The fourth-order valence-electron chi connectivity index (χ4n) is 5.80. The van der Waals surface area contributed by atoms with Crippen LogP contribution in [0.3, 0.4) is 0 Å². The molecule has 0 heteroatoms. The van der Waals surface area contributed by atoms with Crippen LogP contribution in [0.5, 0.6) is 0 Å². The molecule has 0 heterocycles. The largest absolute Gasteiger partial charge is 0.0950 e. The van der Waals surface area contributed by atoms with Crippen LogP contribution in [-0.2, 0) is 12.8 Å². The van der Waals surface area contributed by atoms with E-state index in [-0.39, 0.29) is 0 Å². The van der Waals surface area contributed by atoms with Gasteiger partial charge in [0, 0.05) is 0 Å². The van der Waals surface area contributed by atoms with Gasteiger partial charge < -0.3 is 0 Å². The Balaban J connectivity index is 1.37. The summed E-state index contributed by atoms with van der Waals surface area (Å²) in [6, 6.07) is 25.4. The highest BCUT2D eigenvalue weighted by atomic mass is 14.3. The van der Waals surface area contributed by atoms with Gasteiger partial charge in [-0.15, -0.1) is 0 Å². The lowest BCUT2D eigenvalue weighted by atomic mass is 9.86. The Morgan fingerprint density at radius 3 is 2.38 bits per heavy atom. The summed E-state index contributed by atoms with van der Waals surface area (Å²) in [6.07, 6.45) is 8.67. The standard InChI is InChI=1S/C32H36/c1-4-23-9-8-10-26(19-23)22(3)27-15-16-28(21-27)30-18-17-29(20-24(30)5-2)32-12-7-6-11-31(32)25-13-14-25/h6-12,17-20,25,27-28H,3-5,13-16,21H2,1-2H3. The predicted molar refractivity (Wildman–Crippen MR) is 138 cm³/mol. The molecule has 0 aromatic heterocycles. The van der Waals surface area contributed by atoms with Crippen LogP contribution in [0.25, 0.3) is 16.7 Å². The molecule has 2 unspecified atom stereocenters. The lowest BCUT2D eigenvalue weighted by molar-refractivity contribution is 0.670. The molecule has 3 aromatic carbocycles. The first-order valence-electron chi connectivity index (χ1n) is 12.7. The van der Waals surface area contributed by atoms with Crippen molar-refractivity contribution in [3.63, 3.8) is 0 Å². The van der Waals surface area contributed by atoms with E-state index >= 15 is 0 Å². The van der Waals surface area contributed by atoms with E-state index in [4.69, 9.17) is 0 Å². The highest BCUT2D eigenvalue weighted by Crippen LogP contribution is 2.47. The third kappa shape index (κ3) is 4.20. The van der Waals surface area contributed by atoms with E-state index in [0.717, 1.165) is 18.8 Å². The van der Waals surface area contributed by atoms with Crippen LogP contribution in [-0.4, -0.2) is 0 Å². The molecule has 0 amide bonds. The highest BCUT2D eigenvalue weighted by Gasteiger charge is 2.30. The molecule has 0 spiro atoms. The van der Waals surface area contributed by atoms with Crippen LogP contribution in [0, 0.1) is 5.92 Å². The average Bonchev–Trinajstić information content (AvgIpc) is 3.59. The molecule has 0 nitrogen and oxygen atoms in total. The Bertz CT molecular complexity index is 1110. The first-order chi connectivity index (χ1) is 15.7. The molecule has 2 atom stereocenters. The Kier molecular flexibility index (Phi) is 6.05. The number of aryl methyl sites for hydroxylation is 2. The van der Waals surface area contributed by atoms with Crippen LogP contribution in [0.2, 0.25) is 0 Å². The van der Waals surface area contributed by atoms with Gasteiger partial charge in [0.1, 0.15) is 0 Å². The van der Waals surface area contributed by atoms with E-state index in [2.05, 4.69) is 87.2 Å². The summed E-state index contributed by atoms with van der Waals surface area (Å²) in [5.41, 5.74) is 11.6. The van der Waals surface area contributed by atoms with Crippen molar-refractivity contribution >= 4 is 5.57 Å². The number of hydrogen-bond donors (Lipinski definition) is 0. The highest BCUT2D eigenvalue weighted by molar-refractivity contribution is 5.70. The second-order valence-corrected chi connectivity index (χ2v) is 9.91. The quantitative estimate of drug-likeness (QED) is 0.358. The number of allylic oxidation sites excluding steroid dienone is 1. The zero-order chi connectivity index (χ0) is 22.1. The molecule has 2 saturated carbocycles. The molecule has 0 N–H and O–H groups in total. The summed E-state index contributed by atoms with van der Waals surface area (Å²) in [5.74, 6) is 2.05. The summed E-state index contributed by atoms with van der Waals surface area (Å²) in [6.45, 7) is 9.08. The van der Waals surface area contributed by atoms with E-state index < -0.39 is 0 Å².